The van der Waals surface area contributed by atoms with Crippen LogP contribution in [-0.4, -0.2) is 36.1 Å². The maximum absolute atomic E-state index is 12.2. The van der Waals surface area contributed by atoms with Crippen molar-refractivity contribution in [2.45, 2.75) is 33.0 Å². The van der Waals surface area contributed by atoms with Gasteiger partial charge in [0.25, 0.3) is 5.91 Å². The molecular weight excluding hydrogens is 206 g/mol. The number of hydrogen-bond donors (Lipinski definition) is 0. The predicted octanol–water partition coefficient (Wildman–Crippen LogP) is 1.84. The van der Waals surface area contributed by atoms with Crippen molar-refractivity contribution in [3.63, 3.8) is 0 Å². The highest BCUT2D eigenvalue weighted by atomic mass is 16.5. The minimum Gasteiger partial charge on any atom is -0.469 e. The van der Waals surface area contributed by atoms with Crippen molar-refractivity contribution >= 4 is 5.91 Å². The summed E-state index contributed by atoms with van der Waals surface area (Å²) in [6.07, 6.45) is 1.75. The van der Waals surface area contributed by atoms with Crippen LogP contribution in [0, 0.1) is 6.92 Å². The quantitative estimate of drug-likeness (QED) is 0.729. The second-order valence-electron chi connectivity index (χ2n) is 4.36. The lowest BCUT2D eigenvalue weighted by Crippen LogP contribution is -2.48. The predicted molar refractivity (Wildman–Crippen MR) is 59.4 cm³/mol. The lowest BCUT2D eigenvalue weighted by molar-refractivity contribution is -0.0586. The number of ether oxygens (including phenoxy) is 1. The van der Waals surface area contributed by atoms with E-state index in [4.69, 9.17) is 9.15 Å². The number of carbonyl (C=O) groups excluding carboxylic acids is 1. The third-order valence-electron chi connectivity index (χ3n) is 2.80. The molecule has 16 heavy (non-hydrogen) atoms. The van der Waals surface area contributed by atoms with E-state index in [1.165, 1.54) is 0 Å². The average molecular weight is 223 g/mol. The molecule has 1 aromatic rings. The van der Waals surface area contributed by atoms with Crippen molar-refractivity contribution in [3.05, 3.63) is 23.7 Å². The average Bonchev–Trinajstić information content (AvgIpc) is 2.62. The fraction of sp³-hybridized carbons (Fsp3) is 0.583. The Morgan fingerprint density at radius 1 is 1.38 bits per heavy atom. The number of nitrogens with zero attached hydrogens (tertiary/aromatic N) is 1. The highest BCUT2D eigenvalue weighted by molar-refractivity contribution is 5.95. The van der Waals surface area contributed by atoms with E-state index in [9.17, 15) is 4.79 Å². The van der Waals surface area contributed by atoms with Gasteiger partial charge in [-0.2, -0.15) is 0 Å². The molecule has 2 heterocycles. The topological polar surface area (TPSA) is 42.7 Å². The first-order valence-electron chi connectivity index (χ1n) is 5.56. The van der Waals surface area contributed by atoms with E-state index in [1.54, 1.807) is 19.3 Å². The Morgan fingerprint density at radius 2 is 2.00 bits per heavy atom. The molecule has 0 aromatic carbocycles. The van der Waals surface area contributed by atoms with Crippen LogP contribution in [0.2, 0.25) is 0 Å². The molecule has 0 N–H and O–H groups in total. The van der Waals surface area contributed by atoms with Gasteiger partial charge in [0.15, 0.2) is 0 Å². The lowest BCUT2D eigenvalue weighted by Gasteiger charge is -2.35. The zero-order valence-electron chi connectivity index (χ0n) is 9.90. The zero-order chi connectivity index (χ0) is 11.7. The second kappa shape index (κ2) is 4.29. The van der Waals surface area contributed by atoms with Crippen molar-refractivity contribution in [2.24, 2.45) is 0 Å². The normalized spacial score (nSPS) is 25.8. The van der Waals surface area contributed by atoms with Gasteiger partial charge in [0.1, 0.15) is 5.76 Å². The van der Waals surface area contributed by atoms with Crippen molar-refractivity contribution in [3.8, 4) is 0 Å². The smallest absolute Gasteiger partial charge is 0.257 e. The molecule has 0 radical (unpaired) electrons. The molecule has 4 nitrogen and oxygen atoms in total. The molecule has 0 spiro atoms. The van der Waals surface area contributed by atoms with Crippen LogP contribution in [0.25, 0.3) is 0 Å². The van der Waals surface area contributed by atoms with Crippen LogP contribution in [0.3, 0.4) is 0 Å². The van der Waals surface area contributed by atoms with E-state index in [0.717, 1.165) is 0 Å². The molecule has 2 rings (SSSR count). The Bertz CT molecular complexity index is 375. The number of aryl methyl sites for hydroxylation is 1. The maximum Gasteiger partial charge on any atom is 0.257 e. The minimum atomic E-state index is 0.0354. The van der Waals surface area contributed by atoms with E-state index in [1.807, 2.05) is 18.7 Å². The van der Waals surface area contributed by atoms with Gasteiger partial charge in [0.05, 0.1) is 24.0 Å². The summed E-state index contributed by atoms with van der Waals surface area (Å²) >= 11 is 0. The number of rotatable bonds is 1. The second-order valence-corrected chi connectivity index (χ2v) is 4.36. The van der Waals surface area contributed by atoms with Crippen LogP contribution in [0.1, 0.15) is 30.0 Å². The van der Waals surface area contributed by atoms with Gasteiger partial charge in [0, 0.05) is 13.1 Å². The first-order valence-corrected chi connectivity index (χ1v) is 5.56. The standard InChI is InChI=1S/C12H17NO3/c1-8-6-13(7-9(2)16-8)12(14)11-4-5-15-10(11)3/h4-5,8-9H,6-7H2,1-3H3/t8-,9-/m0/s1. The van der Waals surface area contributed by atoms with E-state index >= 15 is 0 Å². The lowest BCUT2D eigenvalue weighted by atomic mass is 10.1. The Hall–Kier alpha value is -1.29. The molecule has 0 saturated carbocycles. The summed E-state index contributed by atoms with van der Waals surface area (Å²) in [5.74, 6) is 0.713. The first kappa shape index (κ1) is 11.2. The van der Waals surface area contributed by atoms with E-state index in [2.05, 4.69) is 0 Å². The Labute approximate surface area is 95.2 Å². The summed E-state index contributed by atoms with van der Waals surface area (Å²) < 4.78 is 10.7. The van der Waals surface area contributed by atoms with Gasteiger partial charge in [-0.1, -0.05) is 0 Å². The fourth-order valence-corrected chi connectivity index (χ4v) is 2.12. The Kier molecular flexibility index (Phi) is 3.01. The minimum absolute atomic E-state index is 0.0354. The molecule has 88 valence electrons. The van der Waals surface area contributed by atoms with Gasteiger partial charge >= 0.3 is 0 Å². The van der Waals surface area contributed by atoms with Gasteiger partial charge in [-0.25, -0.2) is 0 Å². The van der Waals surface area contributed by atoms with Gasteiger partial charge in [0.2, 0.25) is 0 Å². The number of hydrogen-bond acceptors (Lipinski definition) is 3. The third-order valence-corrected chi connectivity index (χ3v) is 2.80. The summed E-state index contributed by atoms with van der Waals surface area (Å²) in [5, 5.41) is 0. The Morgan fingerprint density at radius 3 is 2.50 bits per heavy atom. The van der Waals surface area contributed by atoms with E-state index < -0.39 is 0 Å². The molecular formula is C12H17NO3. The van der Waals surface area contributed by atoms with Gasteiger partial charge in [-0.3, -0.25) is 4.79 Å². The van der Waals surface area contributed by atoms with Crippen LogP contribution in [0.4, 0.5) is 0 Å². The molecule has 1 aliphatic heterocycles. The molecule has 0 unspecified atom stereocenters. The summed E-state index contributed by atoms with van der Waals surface area (Å²) in [7, 11) is 0. The summed E-state index contributed by atoms with van der Waals surface area (Å²) in [6, 6.07) is 1.72. The molecule has 0 bridgehead atoms. The molecule has 1 aromatic heterocycles. The van der Waals surface area contributed by atoms with Gasteiger partial charge in [-0.05, 0) is 26.8 Å². The number of morpholine rings is 1. The molecule has 0 aliphatic carbocycles. The molecule has 1 fully saturated rings. The summed E-state index contributed by atoms with van der Waals surface area (Å²) in [4.78, 5) is 14.0. The van der Waals surface area contributed by atoms with E-state index in [0.29, 0.717) is 24.4 Å². The molecule has 1 saturated heterocycles. The molecule has 4 heteroatoms. The number of amides is 1. The van der Waals surface area contributed by atoms with E-state index in [-0.39, 0.29) is 18.1 Å². The molecule has 2 atom stereocenters. The van der Waals surface area contributed by atoms with Crippen LogP contribution < -0.4 is 0 Å². The maximum atomic E-state index is 12.2. The van der Waals surface area contributed by atoms with Crippen LogP contribution in [-0.2, 0) is 4.74 Å². The largest absolute Gasteiger partial charge is 0.469 e. The summed E-state index contributed by atoms with van der Waals surface area (Å²) in [5.41, 5.74) is 0.654. The van der Waals surface area contributed by atoms with Crippen LogP contribution in [0.5, 0.6) is 0 Å². The van der Waals surface area contributed by atoms with Crippen LogP contribution in [0.15, 0.2) is 16.7 Å². The summed E-state index contributed by atoms with van der Waals surface area (Å²) in [6.45, 7) is 7.07. The molecule has 1 amide bonds. The van der Waals surface area contributed by atoms with Crippen molar-refractivity contribution < 1.29 is 13.9 Å². The fourth-order valence-electron chi connectivity index (χ4n) is 2.12. The van der Waals surface area contributed by atoms with Gasteiger partial charge < -0.3 is 14.1 Å². The van der Waals surface area contributed by atoms with Crippen molar-refractivity contribution in [1.29, 1.82) is 0 Å². The number of carbonyl (C=O) groups is 1. The molecule has 1 aliphatic rings. The highest BCUT2D eigenvalue weighted by Gasteiger charge is 2.27. The third kappa shape index (κ3) is 2.11. The SMILES string of the molecule is Cc1occc1C(=O)N1C[C@H](C)O[C@@H](C)C1. The monoisotopic (exact) mass is 223 g/mol. The van der Waals surface area contributed by atoms with Crippen molar-refractivity contribution in [1.82, 2.24) is 4.90 Å². The van der Waals surface area contributed by atoms with Gasteiger partial charge in [-0.15, -0.1) is 0 Å². The number of furan rings is 1. The van der Waals surface area contributed by atoms with Crippen molar-refractivity contribution in [2.75, 3.05) is 13.1 Å². The highest BCUT2D eigenvalue weighted by Crippen LogP contribution is 2.17. The zero-order valence-corrected chi connectivity index (χ0v) is 9.90. The first-order chi connectivity index (χ1) is 7.58. The Balaban J connectivity index is 2.13. The van der Waals surface area contributed by atoms with Crippen LogP contribution >= 0.6 is 0 Å².